The fourth-order valence-electron chi connectivity index (χ4n) is 4.06. The molecule has 7 heteroatoms. The van der Waals surface area contributed by atoms with Gasteiger partial charge in [0.05, 0.1) is 6.04 Å². The monoisotopic (exact) mass is 440 g/mol. The summed E-state index contributed by atoms with van der Waals surface area (Å²) in [6, 6.07) is 15.8. The third kappa shape index (κ3) is 4.21. The van der Waals surface area contributed by atoms with Gasteiger partial charge in [-0.05, 0) is 43.0 Å². The third-order valence-corrected chi connectivity index (χ3v) is 7.04. The van der Waals surface area contributed by atoms with E-state index < -0.39 is 0 Å². The summed E-state index contributed by atoms with van der Waals surface area (Å²) in [6.45, 7) is 6.19. The quantitative estimate of drug-likeness (QED) is 0.454. The molecule has 1 saturated heterocycles. The number of halogens is 1. The average molecular weight is 441 g/mol. The summed E-state index contributed by atoms with van der Waals surface area (Å²) in [5, 5.41) is 9.45. The third-order valence-electron chi connectivity index (χ3n) is 5.73. The molecule has 156 valence electrons. The van der Waals surface area contributed by atoms with Gasteiger partial charge in [0.1, 0.15) is 5.84 Å². The van der Waals surface area contributed by atoms with Crippen LogP contribution in [0.4, 0.5) is 0 Å². The van der Waals surface area contributed by atoms with Gasteiger partial charge in [0, 0.05) is 45.8 Å². The Morgan fingerprint density at radius 3 is 2.60 bits per heavy atom. The number of nitrogen functional groups attached to an aromatic ring is 1. The molecule has 5 nitrogen and oxygen atoms in total. The SMILES string of the molecule is C[C@@H]1CN(Cc2ccc(C(=N)N)cc2)C(=O)[C@H](C)N1Cc1cc2ccc(Cl)cc2s1. The topological polar surface area (TPSA) is 73.4 Å². The molecule has 30 heavy (non-hydrogen) atoms. The van der Waals surface area contributed by atoms with E-state index in [9.17, 15) is 4.79 Å². The van der Waals surface area contributed by atoms with E-state index in [1.54, 1.807) is 11.3 Å². The van der Waals surface area contributed by atoms with E-state index >= 15 is 0 Å². The molecule has 1 aromatic heterocycles. The second-order valence-corrected chi connectivity index (χ2v) is 9.53. The van der Waals surface area contributed by atoms with E-state index in [-0.39, 0.29) is 23.8 Å². The molecule has 1 aliphatic rings. The maximum Gasteiger partial charge on any atom is 0.240 e. The van der Waals surface area contributed by atoms with Crippen LogP contribution in [-0.2, 0) is 17.9 Å². The lowest BCUT2D eigenvalue weighted by molar-refractivity contribution is -0.145. The molecule has 2 aromatic carbocycles. The zero-order chi connectivity index (χ0) is 21.4. The molecule has 0 unspecified atom stereocenters. The minimum Gasteiger partial charge on any atom is -0.384 e. The van der Waals surface area contributed by atoms with Crippen molar-refractivity contribution in [1.82, 2.24) is 9.80 Å². The van der Waals surface area contributed by atoms with Crippen LogP contribution < -0.4 is 5.73 Å². The average Bonchev–Trinajstić information content (AvgIpc) is 3.11. The van der Waals surface area contributed by atoms with Crippen molar-refractivity contribution in [2.75, 3.05) is 6.54 Å². The van der Waals surface area contributed by atoms with Crippen molar-refractivity contribution in [3.8, 4) is 0 Å². The van der Waals surface area contributed by atoms with Gasteiger partial charge >= 0.3 is 0 Å². The Hall–Kier alpha value is -2.41. The van der Waals surface area contributed by atoms with Gasteiger partial charge in [0.25, 0.3) is 0 Å². The second-order valence-electron chi connectivity index (χ2n) is 7.92. The Balaban J connectivity index is 1.46. The number of carbonyl (C=O) groups is 1. The fourth-order valence-corrected chi connectivity index (χ4v) is 5.41. The Labute approximate surface area is 185 Å². The molecule has 0 bridgehead atoms. The standard InChI is InChI=1S/C23H25ClN4OS/c1-14-11-27(12-16-3-5-17(6-4-16)22(25)26)23(29)15(2)28(14)13-20-9-18-7-8-19(24)10-21(18)30-20/h3-10,14-15H,11-13H2,1-2H3,(H3,25,26)/t14-,15+/m1/s1. The van der Waals surface area contributed by atoms with E-state index in [1.165, 1.54) is 15.0 Å². The lowest BCUT2D eigenvalue weighted by atomic mass is 10.0. The van der Waals surface area contributed by atoms with Crippen molar-refractivity contribution >= 4 is 44.8 Å². The molecule has 1 aliphatic heterocycles. The van der Waals surface area contributed by atoms with E-state index in [0.717, 1.165) is 17.1 Å². The van der Waals surface area contributed by atoms with E-state index in [1.807, 2.05) is 54.3 Å². The van der Waals surface area contributed by atoms with Crippen LogP contribution in [0.2, 0.25) is 5.02 Å². The molecule has 0 spiro atoms. The summed E-state index contributed by atoms with van der Waals surface area (Å²) < 4.78 is 1.18. The van der Waals surface area contributed by atoms with E-state index in [2.05, 4.69) is 17.9 Å². The van der Waals surface area contributed by atoms with Gasteiger partial charge < -0.3 is 10.6 Å². The highest BCUT2D eigenvalue weighted by Crippen LogP contribution is 2.31. The molecule has 0 aliphatic carbocycles. The van der Waals surface area contributed by atoms with Crippen LogP contribution in [0.15, 0.2) is 48.5 Å². The van der Waals surface area contributed by atoms with Gasteiger partial charge in [0.2, 0.25) is 5.91 Å². The summed E-state index contributed by atoms with van der Waals surface area (Å²) in [6.07, 6.45) is 0. The van der Waals surface area contributed by atoms with Crippen LogP contribution in [0.3, 0.4) is 0 Å². The lowest BCUT2D eigenvalue weighted by Gasteiger charge is -2.43. The Bertz CT molecular complexity index is 1090. The number of piperazine rings is 1. The number of hydrogen-bond donors (Lipinski definition) is 2. The van der Waals surface area contributed by atoms with Gasteiger partial charge in [-0.1, -0.05) is 41.9 Å². The number of thiophene rings is 1. The number of nitrogens with two attached hydrogens (primary N) is 1. The van der Waals surface area contributed by atoms with Crippen LogP contribution in [0.1, 0.15) is 29.9 Å². The molecular formula is C23H25ClN4OS. The number of amides is 1. The summed E-state index contributed by atoms with van der Waals surface area (Å²) >= 11 is 7.86. The number of carbonyl (C=O) groups excluding carboxylic acids is 1. The highest BCUT2D eigenvalue weighted by atomic mass is 35.5. The summed E-state index contributed by atoms with van der Waals surface area (Å²) in [5.41, 5.74) is 7.26. The zero-order valence-corrected chi connectivity index (χ0v) is 18.6. The van der Waals surface area contributed by atoms with Crippen molar-refractivity contribution in [2.45, 2.75) is 39.0 Å². The predicted molar refractivity (Wildman–Crippen MR) is 124 cm³/mol. The first kappa shape index (κ1) is 20.8. The fraction of sp³-hybridized carbons (Fsp3) is 0.304. The van der Waals surface area contributed by atoms with Crippen molar-refractivity contribution in [3.63, 3.8) is 0 Å². The number of hydrogen-bond acceptors (Lipinski definition) is 4. The number of fused-ring (bicyclic) bond motifs is 1. The Morgan fingerprint density at radius 1 is 1.17 bits per heavy atom. The first-order valence-corrected chi connectivity index (χ1v) is 11.2. The zero-order valence-electron chi connectivity index (χ0n) is 17.1. The van der Waals surface area contributed by atoms with Crippen LogP contribution in [0.25, 0.3) is 10.1 Å². The summed E-state index contributed by atoms with van der Waals surface area (Å²) in [4.78, 5) is 18.5. The predicted octanol–water partition coefficient (Wildman–Crippen LogP) is 4.46. The van der Waals surface area contributed by atoms with Crippen molar-refractivity contribution in [3.05, 3.63) is 69.6 Å². The molecule has 0 radical (unpaired) electrons. The number of amidine groups is 1. The van der Waals surface area contributed by atoms with Gasteiger partial charge in [-0.2, -0.15) is 0 Å². The molecule has 1 amide bonds. The summed E-state index contributed by atoms with van der Waals surface area (Å²) in [5.74, 6) is 0.199. The largest absolute Gasteiger partial charge is 0.384 e. The molecule has 3 N–H and O–H groups in total. The first-order valence-electron chi connectivity index (χ1n) is 9.97. The highest BCUT2D eigenvalue weighted by molar-refractivity contribution is 7.19. The van der Waals surface area contributed by atoms with Gasteiger partial charge in [0.15, 0.2) is 0 Å². The van der Waals surface area contributed by atoms with Crippen LogP contribution in [0, 0.1) is 5.41 Å². The van der Waals surface area contributed by atoms with Crippen molar-refractivity contribution in [1.29, 1.82) is 5.41 Å². The number of nitrogens with one attached hydrogen (secondary N) is 1. The van der Waals surface area contributed by atoms with Crippen LogP contribution in [-0.4, -0.2) is 40.2 Å². The van der Waals surface area contributed by atoms with Gasteiger partial charge in [-0.3, -0.25) is 15.1 Å². The first-order chi connectivity index (χ1) is 14.3. The molecule has 3 aromatic rings. The molecule has 0 saturated carbocycles. The second kappa shape index (κ2) is 8.38. The molecule has 2 heterocycles. The summed E-state index contributed by atoms with van der Waals surface area (Å²) in [7, 11) is 0. The minimum atomic E-state index is -0.181. The lowest BCUT2D eigenvalue weighted by Crippen LogP contribution is -2.59. The van der Waals surface area contributed by atoms with E-state index in [4.69, 9.17) is 22.7 Å². The van der Waals surface area contributed by atoms with E-state index in [0.29, 0.717) is 18.7 Å². The van der Waals surface area contributed by atoms with Gasteiger partial charge in [-0.25, -0.2) is 0 Å². The molecule has 2 atom stereocenters. The number of benzene rings is 2. The maximum absolute atomic E-state index is 13.1. The Morgan fingerprint density at radius 2 is 1.90 bits per heavy atom. The van der Waals surface area contributed by atoms with Crippen molar-refractivity contribution in [2.24, 2.45) is 5.73 Å². The van der Waals surface area contributed by atoms with Crippen LogP contribution >= 0.6 is 22.9 Å². The van der Waals surface area contributed by atoms with Crippen LogP contribution in [0.5, 0.6) is 0 Å². The molecular weight excluding hydrogens is 416 g/mol. The number of rotatable bonds is 5. The maximum atomic E-state index is 13.1. The molecule has 4 rings (SSSR count). The normalized spacial score (nSPS) is 20.1. The van der Waals surface area contributed by atoms with Crippen molar-refractivity contribution < 1.29 is 4.79 Å². The minimum absolute atomic E-state index is 0.0528. The smallest absolute Gasteiger partial charge is 0.240 e. The van der Waals surface area contributed by atoms with Gasteiger partial charge in [-0.15, -0.1) is 11.3 Å². The molecule has 1 fully saturated rings. The highest BCUT2D eigenvalue weighted by Gasteiger charge is 2.36. The number of nitrogens with zero attached hydrogens (tertiary/aromatic N) is 2. The Kier molecular flexibility index (Phi) is 5.82.